The Labute approximate surface area is 175 Å². The highest BCUT2D eigenvalue weighted by atomic mass is 35.5. The number of carbonyl (C=O) groups excluding carboxylic acids is 1. The smallest absolute Gasteiger partial charge is 0.267 e. The molecule has 1 aromatic carbocycles. The molecule has 0 saturated heterocycles. The van der Waals surface area contributed by atoms with E-state index in [2.05, 4.69) is 23.5 Å². The number of rotatable bonds is 4. The monoisotopic (exact) mass is 425 g/mol. The van der Waals surface area contributed by atoms with Crippen LogP contribution in [0.4, 0.5) is 0 Å². The van der Waals surface area contributed by atoms with Crippen LogP contribution in [0.5, 0.6) is 0 Å². The maximum Gasteiger partial charge on any atom is 0.272 e. The van der Waals surface area contributed by atoms with Gasteiger partial charge in [0.25, 0.3) is 5.91 Å². The minimum absolute atomic E-state index is 0.268. The highest BCUT2D eigenvalue weighted by molar-refractivity contribution is 7.18. The molecule has 0 aliphatic rings. The number of fused-ring (bicyclic) bond motifs is 1. The Morgan fingerprint density at radius 1 is 1.11 bits per heavy atom. The Balaban J connectivity index is 1.71. The molecule has 0 saturated carbocycles. The number of amides is 1. The number of aryl methyl sites for hydroxylation is 1. The van der Waals surface area contributed by atoms with E-state index < -0.39 is 0 Å². The van der Waals surface area contributed by atoms with Gasteiger partial charge >= 0.3 is 0 Å². The summed E-state index contributed by atoms with van der Waals surface area (Å²) in [6, 6.07) is 17.2. The van der Waals surface area contributed by atoms with Crippen LogP contribution in [-0.2, 0) is 0 Å². The molecule has 7 heteroatoms. The van der Waals surface area contributed by atoms with Gasteiger partial charge in [0.1, 0.15) is 0 Å². The van der Waals surface area contributed by atoms with E-state index in [1.54, 1.807) is 11.3 Å². The van der Waals surface area contributed by atoms with Crippen LogP contribution in [0, 0.1) is 6.92 Å². The lowest BCUT2D eigenvalue weighted by molar-refractivity contribution is 0.0956. The van der Waals surface area contributed by atoms with Crippen molar-refractivity contribution >= 4 is 56.8 Å². The van der Waals surface area contributed by atoms with E-state index in [1.807, 2.05) is 55.5 Å². The molecule has 3 aromatic heterocycles. The number of para-hydroxylation sites is 1. The van der Waals surface area contributed by atoms with Gasteiger partial charge in [-0.25, -0.2) is 10.4 Å². The summed E-state index contributed by atoms with van der Waals surface area (Å²) in [5.41, 5.74) is 5.49. The lowest BCUT2D eigenvalue weighted by Crippen LogP contribution is -2.19. The van der Waals surface area contributed by atoms with Gasteiger partial charge in [0.05, 0.1) is 36.6 Å². The summed E-state index contributed by atoms with van der Waals surface area (Å²) >= 11 is 9.05. The molecule has 28 heavy (non-hydrogen) atoms. The summed E-state index contributed by atoms with van der Waals surface area (Å²) in [6.07, 6.45) is 0. The zero-order valence-corrected chi connectivity index (χ0v) is 17.6. The number of nitrogens with one attached hydrogen (secondary N) is 1. The quantitative estimate of drug-likeness (QED) is 0.315. The molecular formula is C21H16ClN3OS2. The number of hydrazone groups is 1. The van der Waals surface area contributed by atoms with Gasteiger partial charge in [-0.15, -0.1) is 22.7 Å². The number of halogens is 1. The van der Waals surface area contributed by atoms with E-state index in [4.69, 9.17) is 16.6 Å². The molecule has 0 atom stereocenters. The van der Waals surface area contributed by atoms with Crippen molar-refractivity contribution < 1.29 is 4.79 Å². The van der Waals surface area contributed by atoms with E-state index in [1.165, 1.54) is 16.2 Å². The minimum atomic E-state index is -0.268. The zero-order chi connectivity index (χ0) is 19.7. The van der Waals surface area contributed by atoms with Crippen molar-refractivity contribution in [1.29, 1.82) is 0 Å². The molecule has 0 fully saturated rings. The topological polar surface area (TPSA) is 54.4 Å². The summed E-state index contributed by atoms with van der Waals surface area (Å²) in [5.74, 6) is -0.268. The van der Waals surface area contributed by atoms with Gasteiger partial charge in [-0.2, -0.15) is 5.10 Å². The Kier molecular flexibility index (Phi) is 5.26. The molecule has 0 aliphatic heterocycles. The first kappa shape index (κ1) is 18.8. The predicted octanol–water partition coefficient (Wildman–Crippen LogP) is 6.14. The molecule has 0 radical (unpaired) electrons. The molecule has 140 valence electrons. The third-order valence-corrected chi connectivity index (χ3v) is 6.57. The van der Waals surface area contributed by atoms with Gasteiger partial charge in [0.2, 0.25) is 0 Å². The average Bonchev–Trinajstić information content (AvgIpc) is 3.33. The molecule has 0 aliphatic carbocycles. The minimum Gasteiger partial charge on any atom is -0.267 e. The van der Waals surface area contributed by atoms with E-state index in [9.17, 15) is 4.79 Å². The molecular weight excluding hydrogens is 410 g/mol. The van der Waals surface area contributed by atoms with E-state index in [-0.39, 0.29) is 5.91 Å². The van der Waals surface area contributed by atoms with Gasteiger partial charge in [0.15, 0.2) is 0 Å². The van der Waals surface area contributed by atoms with Crippen molar-refractivity contribution in [3.8, 4) is 10.6 Å². The maximum atomic E-state index is 12.9. The Bertz CT molecular complexity index is 1210. The molecule has 4 nitrogen and oxygen atoms in total. The van der Waals surface area contributed by atoms with Gasteiger partial charge in [-0.3, -0.25) is 4.79 Å². The van der Waals surface area contributed by atoms with E-state index in [0.29, 0.717) is 15.6 Å². The van der Waals surface area contributed by atoms with Crippen molar-refractivity contribution in [3.63, 3.8) is 0 Å². The van der Waals surface area contributed by atoms with E-state index in [0.717, 1.165) is 26.4 Å². The standard InChI is InChI=1S/C21H16ClN3OS2/c1-12-7-8-19(27-12)17-11-15(14-5-3-4-6-16(14)23-17)21(26)25-24-13(2)18-9-10-20(22)28-18/h3-11H,1-2H3,(H,25,26)/b24-13+. The number of hydrogen-bond acceptors (Lipinski definition) is 5. The number of carbonyl (C=O) groups is 1. The van der Waals surface area contributed by atoms with Crippen molar-refractivity contribution in [1.82, 2.24) is 10.4 Å². The molecule has 1 N–H and O–H groups in total. The van der Waals surface area contributed by atoms with Crippen LogP contribution in [0.1, 0.15) is 27.0 Å². The number of hydrogen-bond donors (Lipinski definition) is 1. The summed E-state index contributed by atoms with van der Waals surface area (Å²) in [5, 5.41) is 5.04. The molecule has 1 amide bonds. The lowest BCUT2D eigenvalue weighted by Gasteiger charge is -2.08. The average molecular weight is 426 g/mol. The number of aromatic nitrogens is 1. The van der Waals surface area contributed by atoms with Gasteiger partial charge < -0.3 is 0 Å². The number of benzene rings is 1. The molecule has 0 unspecified atom stereocenters. The fourth-order valence-corrected chi connectivity index (χ4v) is 4.64. The molecule has 0 spiro atoms. The number of nitrogens with zero attached hydrogens (tertiary/aromatic N) is 2. The van der Waals surface area contributed by atoms with Gasteiger partial charge in [-0.05, 0) is 50.2 Å². The van der Waals surface area contributed by atoms with Crippen LogP contribution in [-0.4, -0.2) is 16.6 Å². The van der Waals surface area contributed by atoms with Crippen molar-refractivity contribution in [2.45, 2.75) is 13.8 Å². The Hall–Kier alpha value is -2.54. The zero-order valence-electron chi connectivity index (χ0n) is 15.2. The highest BCUT2D eigenvalue weighted by Crippen LogP contribution is 2.30. The van der Waals surface area contributed by atoms with Crippen LogP contribution >= 0.6 is 34.3 Å². The van der Waals surface area contributed by atoms with E-state index >= 15 is 0 Å². The second kappa shape index (κ2) is 7.83. The molecule has 0 bridgehead atoms. The van der Waals surface area contributed by atoms with Crippen LogP contribution in [0.25, 0.3) is 21.5 Å². The molecule has 4 rings (SSSR count). The van der Waals surface area contributed by atoms with Crippen molar-refractivity contribution in [2.24, 2.45) is 5.10 Å². The van der Waals surface area contributed by atoms with Crippen LogP contribution in [0.15, 0.2) is 59.7 Å². The van der Waals surface area contributed by atoms with Gasteiger partial charge in [-0.1, -0.05) is 29.8 Å². The third-order valence-electron chi connectivity index (χ3n) is 4.21. The second-order valence-electron chi connectivity index (χ2n) is 6.22. The SMILES string of the molecule is C/C(=N\NC(=O)c1cc(-c2ccc(C)s2)nc2ccccc12)c1ccc(Cl)s1. The highest BCUT2D eigenvalue weighted by Gasteiger charge is 2.15. The number of thiophene rings is 2. The fourth-order valence-electron chi connectivity index (χ4n) is 2.82. The third kappa shape index (κ3) is 3.85. The normalized spacial score (nSPS) is 11.8. The van der Waals surface area contributed by atoms with Crippen LogP contribution in [0.3, 0.4) is 0 Å². The summed E-state index contributed by atoms with van der Waals surface area (Å²) < 4.78 is 0.687. The maximum absolute atomic E-state index is 12.9. The predicted molar refractivity (Wildman–Crippen MR) is 119 cm³/mol. The summed E-state index contributed by atoms with van der Waals surface area (Å²) in [4.78, 5) is 20.8. The first-order valence-electron chi connectivity index (χ1n) is 8.58. The largest absolute Gasteiger partial charge is 0.272 e. The van der Waals surface area contributed by atoms with Crippen LogP contribution < -0.4 is 5.43 Å². The first-order valence-corrected chi connectivity index (χ1v) is 10.6. The second-order valence-corrected chi connectivity index (χ2v) is 9.23. The van der Waals surface area contributed by atoms with Crippen LogP contribution in [0.2, 0.25) is 4.34 Å². The first-order chi connectivity index (χ1) is 13.5. The number of pyridine rings is 1. The summed E-state index contributed by atoms with van der Waals surface area (Å²) in [6.45, 7) is 3.89. The van der Waals surface area contributed by atoms with Crippen molar-refractivity contribution in [2.75, 3.05) is 0 Å². The Morgan fingerprint density at radius 3 is 2.64 bits per heavy atom. The van der Waals surface area contributed by atoms with Gasteiger partial charge in [0, 0.05) is 10.3 Å². The Morgan fingerprint density at radius 2 is 1.93 bits per heavy atom. The molecule has 3 heterocycles. The lowest BCUT2D eigenvalue weighted by atomic mass is 10.1. The fraction of sp³-hybridized carbons (Fsp3) is 0.0952. The molecule has 4 aromatic rings. The van der Waals surface area contributed by atoms with Crippen molar-refractivity contribution in [3.05, 3.63) is 74.3 Å². The summed E-state index contributed by atoms with van der Waals surface area (Å²) in [7, 11) is 0.